The zero-order valence-electron chi connectivity index (χ0n) is 18.2. The van der Waals surface area contributed by atoms with Crippen molar-refractivity contribution < 1.29 is 23.4 Å². The van der Waals surface area contributed by atoms with E-state index >= 15 is 0 Å². The smallest absolute Gasteiger partial charge is 0.262 e. The van der Waals surface area contributed by atoms with Crippen molar-refractivity contribution in [1.82, 2.24) is 0 Å². The molecule has 32 heavy (non-hydrogen) atoms. The maximum Gasteiger partial charge on any atom is 0.262 e. The highest BCUT2D eigenvalue weighted by Crippen LogP contribution is 2.29. The van der Waals surface area contributed by atoms with Crippen molar-refractivity contribution in [3.8, 4) is 17.2 Å². The summed E-state index contributed by atoms with van der Waals surface area (Å²) in [5, 5.41) is 6.02. The molecule has 0 aliphatic rings. The zero-order chi connectivity index (χ0) is 22.8. The van der Waals surface area contributed by atoms with E-state index in [1.165, 1.54) is 24.3 Å². The molecular weight excluding hydrogens is 411 g/mol. The molecule has 0 bridgehead atoms. The van der Waals surface area contributed by atoms with Gasteiger partial charge in [-0.2, -0.15) is 0 Å². The van der Waals surface area contributed by atoms with Gasteiger partial charge in [-0.3, -0.25) is 4.79 Å². The third-order valence-electron chi connectivity index (χ3n) is 4.46. The third-order valence-corrected chi connectivity index (χ3v) is 4.46. The lowest BCUT2D eigenvalue weighted by molar-refractivity contribution is -0.118. The van der Waals surface area contributed by atoms with Crippen molar-refractivity contribution in [2.24, 2.45) is 0 Å². The Hall–Kier alpha value is -3.74. The second-order valence-electron chi connectivity index (χ2n) is 6.87. The number of halogens is 1. The van der Waals surface area contributed by atoms with E-state index in [1.807, 2.05) is 50.2 Å². The maximum absolute atomic E-state index is 13.0. The molecule has 1 amide bonds. The zero-order valence-corrected chi connectivity index (χ0v) is 18.2. The summed E-state index contributed by atoms with van der Waals surface area (Å²) < 4.78 is 29.8. The number of carbonyl (C=O) groups is 1. The molecule has 0 aromatic heterocycles. The summed E-state index contributed by atoms with van der Waals surface area (Å²) >= 11 is 0. The molecule has 168 valence electrons. The molecular formula is C25H27FN2O4. The molecule has 0 fully saturated rings. The lowest BCUT2D eigenvalue weighted by Crippen LogP contribution is -2.20. The van der Waals surface area contributed by atoms with Gasteiger partial charge in [0.2, 0.25) is 0 Å². The number of amides is 1. The van der Waals surface area contributed by atoms with Gasteiger partial charge in [0.15, 0.2) is 18.1 Å². The summed E-state index contributed by atoms with van der Waals surface area (Å²) in [7, 11) is 0. The van der Waals surface area contributed by atoms with E-state index in [9.17, 15) is 9.18 Å². The predicted molar refractivity (Wildman–Crippen MR) is 123 cm³/mol. The van der Waals surface area contributed by atoms with Gasteiger partial charge in [0.05, 0.1) is 13.2 Å². The largest absolute Gasteiger partial charge is 0.494 e. The molecule has 0 aliphatic heterocycles. The molecule has 3 aromatic carbocycles. The standard InChI is InChI=1S/C25H27FN2O4/c1-3-30-22-12-10-20(11-13-22)27-16-18-5-14-23(24(15-18)31-4-2)32-17-25(29)28-21-8-6-19(26)7-9-21/h5-15,27H,3-4,16-17H2,1-2H3,(H,28,29). The van der Waals surface area contributed by atoms with Gasteiger partial charge in [-0.15, -0.1) is 0 Å². The molecule has 0 saturated heterocycles. The van der Waals surface area contributed by atoms with E-state index in [0.717, 1.165) is 17.0 Å². The fourth-order valence-corrected chi connectivity index (χ4v) is 2.96. The number of carbonyl (C=O) groups excluding carboxylic acids is 1. The predicted octanol–water partition coefficient (Wildman–Crippen LogP) is 5.25. The molecule has 0 heterocycles. The average molecular weight is 438 g/mol. The van der Waals surface area contributed by atoms with Crippen molar-refractivity contribution in [2.75, 3.05) is 30.5 Å². The molecule has 0 aliphatic carbocycles. The molecule has 3 aromatic rings. The molecule has 0 spiro atoms. The van der Waals surface area contributed by atoms with Crippen LogP contribution in [-0.4, -0.2) is 25.7 Å². The number of hydrogen-bond acceptors (Lipinski definition) is 5. The Morgan fingerprint density at radius 2 is 1.50 bits per heavy atom. The molecule has 3 rings (SSSR count). The van der Waals surface area contributed by atoms with Crippen molar-refractivity contribution in [2.45, 2.75) is 20.4 Å². The van der Waals surface area contributed by atoms with Gasteiger partial charge in [-0.25, -0.2) is 4.39 Å². The van der Waals surface area contributed by atoms with Crippen LogP contribution in [0.25, 0.3) is 0 Å². The van der Waals surface area contributed by atoms with E-state index < -0.39 is 0 Å². The fraction of sp³-hybridized carbons (Fsp3) is 0.240. The minimum atomic E-state index is -0.363. The van der Waals surface area contributed by atoms with Gasteiger partial charge in [-0.05, 0) is 80.1 Å². The summed E-state index contributed by atoms with van der Waals surface area (Å²) in [4.78, 5) is 12.1. The number of benzene rings is 3. The normalized spacial score (nSPS) is 10.3. The Morgan fingerprint density at radius 1 is 0.812 bits per heavy atom. The first kappa shape index (κ1) is 22.9. The molecule has 0 atom stereocenters. The van der Waals surface area contributed by atoms with Crippen LogP contribution in [0, 0.1) is 5.82 Å². The van der Waals surface area contributed by atoms with E-state index in [0.29, 0.717) is 36.9 Å². The van der Waals surface area contributed by atoms with E-state index in [2.05, 4.69) is 10.6 Å². The van der Waals surface area contributed by atoms with Crippen LogP contribution in [0.15, 0.2) is 66.7 Å². The van der Waals surface area contributed by atoms with Crippen LogP contribution in [0.4, 0.5) is 15.8 Å². The number of anilines is 2. The number of nitrogens with one attached hydrogen (secondary N) is 2. The third kappa shape index (κ3) is 6.91. The van der Waals surface area contributed by atoms with Gasteiger partial charge in [-0.1, -0.05) is 6.07 Å². The molecule has 7 heteroatoms. The average Bonchev–Trinajstić information content (AvgIpc) is 2.80. The Labute approximate surface area is 187 Å². The molecule has 6 nitrogen and oxygen atoms in total. The second-order valence-corrected chi connectivity index (χ2v) is 6.87. The number of ether oxygens (including phenoxy) is 3. The van der Waals surface area contributed by atoms with Gasteiger partial charge in [0.25, 0.3) is 5.91 Å². The SMILES string of the molecule is CCOc1ccc(NCc2ccc(OCC(=O)Nc3ccc(F)cc3)c(OCC)c2)cc1. The van der Waals surface area contributed by atoms with Crippen LogP contribution in [0.2, 0.25) is 0 Å². The highest BCUT2D eigenvalue weighted by molar-refractivity contribution is 5.91. The Bertz CT molecular complexity index is 1010. The van der Waals surface area contributed by atoms with Crippen LogP contribution >= 0.6 is 0 Å². The first-order valence-electron chi connectivity index (χ1n) is 10.5. The maximum atomic E-state index is 13.0. The first-order chi connectivity index (χ1) is 15.6. The highest BCUT2D eigenvalue weighted by Gasteiger charge is 2.10. The van der Waals surface area contributed by atoms with Gasteiger partial charge < -0.3 is 24.8 Å². The van der Waals surface area contributed by atoms with Crippen molar-refractivity contribution in [3.63, 3.8) is 0 Å². The van der Waals surface area contributed by atoms with Gasteiger partial charge in [0.1, 0.15) is 11.6 Å². The number of hydrogen-bond donors (Lipinski definition) is 2. The summed E-state index contributed by atoms with van der Waals surface area (Å²) in [6, 6.07) is 18.9. The van der Waals surface area contributed by atoms with E-state index in [4.69, 9.17) is 14.2 Å². The molecule has 0 saturated carbocycles. The summed E-state index contributed by atoms with van der Waals surface area (Å²) in [5.41, 5.74) is 2.48. The van der Waals surface area contributed by atoms with Crippen LogP contribution in [-0.2, 0) is 11.3 Å². The monoisotopic (exact) mass is 438 g/mol. The van der Waals surface area contributed by atoms with Gasteiger partial charge in [0, 0.05) is 17.9 Å². The number of rotatable bonds is 11. The summed E-state index contributed by atoms with van der Waals surface area (Å²) in [6.07, 6.45) is 0. The van der Waals surface area contributed by atoms with E-state index in [1.54, 1.807) is 6.07 Å². The van der Waals surface area contributed by atoms with Crippen molar-refractivity contribution in [3.05, 3.63) is 78.1 Å². The Morgan fingerprint density at radius 3 is 2.19 bits per heavy atom. The quantitative estimate of drug-likeness (QED) is 0.428. The van der Waals surface area contributed by atoms with Crippen molar-refractivity contribution >= 4 is 17.3 Å². The lowest BCUT2D eigenvalue weighted by atomic mass is 10.2. The highest BCUT2D eigenvalue weighted by atomic mass is 19.1. The Balaban J connectivity index is 1.57. The van der Waals surface area contributed by atoms with Crippen LogP contribution in [0.5, 0.6) is 17.2 Å². The van der Waals surface area contributed by atoms with E-state index in [-0.39, 0.29) is 18.3 Å². The van der Waals surface area contributed by atoms with Crippen LogP contribution in [0.3, 0.4) is 0 Å². The summed E-state index contributed by atoms with van der Waals surface area (Å²) in [6.45, 7) is 5.34. The minimum absolute atomic E-state index is 0.193. The Kier molecular flexibility index (Phi) is 8.31. The topological polar surface area (TPSA) is 68.8 Å². The summed E-state index contributed by atoms with van der Waals surface area (Å²) in [5.74, 6) is 1.17. The van der Waals surface area contributed by atoms with Crippen molar-refractivity contribution in [1.29, 1.82) is 0 Å². The van der Waals surface area contributed by atoms with Gasteiger partial charge >= 0.3 is 0 Å². The van der Waals surface area contributed by atoms with Crippen LogP contribution in [0.1, 0.15) is 19.4 Å². The minimum Gasteiger partial charge on any atom is -0.494 e. The fourth-order valence-electron chi connectivity index (χ4n) is 2.96. The first-order valence-corrected chi connectivity index (χ1v) is 10.5. The lowest BCUT2D eigenvalue weighted by Gasteiger charge is -2.14. The van der Waals surface area contributed by atoms with Crippen LogP contribution < -0.4 is 24.8 Å². The second kappa shape index (κ2) is 11.6. The molecule has 0 radical (unpaired) electrons. The molecule has 2 N–H and O–H groups in total. The molecule has 0 unspecified atom stereocenters.